The molecular weight excluding hydrogens is 292 g/mol. The highest BCUT2D eigenvalue weighted by molar-refractivity contribution is 5.87. The molecule has 0 spiro atoms. The molecular formula is C16H18N6O. The number of hydrogen-bond acceptors (Lipinski definition) is 5. The van der Waals surface area contributed by atoms with E-state index in [1.807, 2.05) is 23.2 Å². The predicted molar refractivity (Wildman–Crippen MR) is 84.5 cm³/mol. The molecule has 118 valence electrons. The normalized spacial score (nSPS) is 23.8. The minimum Gasteiger partial charge on any atom is -0.356 e. The van der Waals surface area contributed by atoms with Crippen LogP contribution >= 0.6 is 0 Å². The van der Waals surface area contributed by atoms with Crippen molar-refractivity contribution in [1.29, 1.82) is 5.26 Å². The van der Waals surface area contributed by atoms with Crippen molar-refractivity contribution >= 4 is 22.8 Å². The first-order valence-electron chi connectivity index (χ1n) is 7.94. The Morgan fingerprint density at radius 2 is 2.22 bits per heavy atom. The number of nitriles is 1. The summed E-state index contributed by atoms with van der Waals surface area (Å²) < 4.78 is 0. The number of nitrogens with zero attached hydrogens (tertiary/aromatic N) is 5. The monoisotopic (exact) mass is 310 g/mol. The molecule has 1 amide bonds. The van der Waals surface area contributed by atoms with Crippen LogP contribution in [0.5, 0.6) is 0 Å². The minimum absolute atomic E-state index is 0.0148. The van der Waals surface area contributed by atoms with Crippen molar-refractivity contribution in [2.45, 2.75) is 12.8 Å². The van der Waals surface area contributed by atoms with Crippen LogP contribution in [-0.2, 0) is 4.79 Å². The van der Waals surface area contributed by atoms with Gasteiger partial charge in [-0.3, -0.25) is 4.79 Å². The van der Waals surface area contributed by atoms with Crippen LogP contribution in [0.4, 0.5) is 5.82 Å². The summed E-state index contributed by atoms with van der Waals surface area (Å²) in [5.74, 6) is 1.92. The molecule has 2 aliphatic heterocycles. The SMILES string of the molecule is N#CCC(=O)N1CC2CCN(c3ncnc4[nH]ccc34)CC2C1. The van der Waals surface area contributed by atoms with Gasteiger partial charge in [-0.1, -0.05) is 0 Å². The molecule has 2 atom stereocenters. The van der Waals surface area contributed by atoms with Gasteiger partial charge in [0.1, 0.15) is 24.2 Å². The van der Waals surface area contributed by atoms with Gasteiger partial charge in [-0.2, -0.15) is 5.26 Å². The zero-order chi connectivity index (χ0) is 15.8. The summed E-state index contributed by atoms with van der Waals surface area (Å²) in [6.07, 6.45) is 4.51. The van der Waals surface area contributed by atoms with Crippen LogP contribution in [0, 0.1) is 23.2 Å². The summed E-state index contributed by atoms with van der Waals surface area (Å²) >= 11 is 0. The van der Waals surface area contributed by atoms with Gasteiger partial charge in [0.2, 0.25) is 5.91 Å². The fraction of sp³-hybridized carbons (Fsp3) is 0.500. The van der Waals surface area contributed by atoms with Crippen LogP contribution in [-0.4, -0.2) is 51.9 Å². The van der Waals surface area contributed by atoms with Crippen molar-refractivity contribution in [2.75, 3.05) is 31.1 Å². The molecule has 0 aromatic carbocycles. The lowest BCUT2D eigenvalue weighted by Gasteiger charge is -2.35. The van der Waals surface area contributed by atoms with E-state index in [0.717, 1.165) is 49.5 Å². The number of nitrogens with one attached hydrogen (secondary N) is 1. The Bertz CT molecular complexity index is 778. The van der Waals surface area contributed by atoms with Gasteiger partial charge in [0.05, 0.1) is 11.5 Å². The van der Waals surface area contributed by atoms with Crippen LogP contribution in [0.3, 0.4) is 0 Å². The molecule has 2 aromatic heterocycles. The molecule has 0 saturated carbocycles. The Morgan fingerprint density at radius 3 is 3.09 bits per heavy atom. The molecule has 7 heteroatoms. The molecule has 2 saturated heterocycles. The summed E-state index contributed by atoms with van der Waals surface area (Å²) in [7, 11) is 0. The van der Waals surface area contributed by atoms with Crippen molar-refractivity contribution in [1.82, 2.24) is 19.9 Å². The lowest BCUT2D eigenvalue weighted by Crippen LogP contribution is -2.40. The van der Waals surface area contributed by atoms with E-state index in [-0.39, 0.29) is 12.3 Å². The number of rotatable bonds is 2. The zero-order valence-corrected chi connectivity index (χ0v) is 12.8. The van der Waals surface area contributed by atoms with Crippen LogP contribution in [0.15, 0.2) is 18.6 Å². The van der Waals surface area contributed by atoms with Crippen molar-refractivity contribution in [3.05, 3.63) is 18.6 Å². The van der Waals surface area contributed by atoms with Crippen molar-refractivity contribution in [2.24, 2.45) is 11.8 Å². The number of amides is 1. The second-order valence-electron chi connectivity index (χ2n) is 6.33. The van der Waals surface area contributed by atoms with E-state index >= 15 is 0 Å². The van der Waals surface area contributed by atoms with Crippen LogP contribution < -0.4 is 4.90 Å². The van der Waals surface area contributed by atoms with E-state index in [0.29, 0.717) is 11.8 Å². The number of hydrogen-bond donors (Lipinski definition) is 1. The van der Waals surface area contributed by atoms with E-state index < -0.39 is 0 Å². The third-order valence-electron chi connectivity index (χ3n) is 5.02. The number of aromatic amines is 1. The largest absolute Gasteiger partial charge is 0.356 e. The molecule has 0 bridgehead atoms. The van der Waals surface area contributed by atoms with Gasteiger partial charge < -0.3 is 14.8 Å². The van der Waals surface area contributed by atoms with E-state index in [1.165, 1.54) is 0 Å². The van der Waals surface area contributed by atoms with Gasteiger partial charge in [-0.25, -0.2) is 9.97 Å². The average molecular weight is 310 g/mol. The lowest BCUT2D eigenvalue weighted by atomic mass is 9.88. The Balaban J connectivity index is 1.52. The van der Waals surface area contributed by atoms with Crippen LogP contribution in [0.25, 0.3) is 11.0 Å². The van der Waals surface area contributed by atoms with Gasteiger partial charge in [0, 0.05) is 32.4 Å². The number of anilines is 1. The Morgan fingerprint density at radius 1 is 1.35 bits per heavy atom. The number of likely N-dealkylation sites (tertiary alicyclic amines) is 1. The van der Waals surface area contributed by atoms with Crippen molar-refractivity contribution in [3.63, 3.8) is 0 Å². The van der Waals surface area contributed by atoms with Gasteiger partial charge in [0.15, 0.2) is 0 Å². The second kappa shape index (κ2) is 5.54. The second-order valence-corrected chi connectivity index (χ2v) is 6.33. The van der Waals surface area contributed by atoms with Gasteiger partial charge in [-0.15, -0.1) is 0 Å². The number of aromatic nitrogens is 3. The van der Waals surface area contributed by atoms with Crippen molar-refractivity contribution in [3.8, 4) is 6.07 Å². The first kappa shape index (κ1) is 14.0. The zero-order valence-electron chi connectivity index (χ0n) is 12.8. The Labute approximate surface area is 133 Å². The Kier molecular flexibility index (Phi) is 3.37. The highest BCUT2D eigenvalue weighted by atomic mass is 16.2. The molecule has 4 rings (SSSR count). The van der Waals surface area contributed by atoms with Gasteiger partial charge >= 0.3 is 0 Å². The average Bonchev–Trinajstić information content (AvgIpc) is 3.20. The fourth-order valence-electron chi connectivity index (χ4n) is 3.85. The summed E-state index contributed by atoms with van der Waals surface area (Å²) in [5, 5.41) is 9.75. The number of carbonyl (C=O) groups is 1. The maximum absolute atomic E-state index is 11.9. The first-order valence-corrected chi connectivity index (χ1v) is 7.94. The minimum atomic E-state index is -0.0384. The van der Waals surface area contributed by atoms with E-state index in [9.17, 15) is 4.79 Å². The fourth-order valence-corrected chi connectivity index (χ4v) is 3.85. The molecule has 0 aliphatic carbocycles. The molecule has 2 fully saturated rings. The summed E-state index contributed by atoms with van der Waals surface area (Å²) in [6.45, 7) is 3.39. The summed E-state index contributed by atoms with van der Waals surface area (Å²) in [6, 6.07) is 3.96. The number of fused-ring (bicyclic) bond motifs is 2. The number of piperidine rings is 1. The van der Waals surface area contributed by atoms with Crippen molar-refractivity contribution < 1.29 is 4.79 Å². The third kappa shape index (κ3) is 2.40. The van der Waals surface area contributed by atoms with Gasteiger partial charge in [0.25, 0.3) is 0 Å². The highest BCUT2D eigenvalue weighted by Crippen LogP contribution is 2.34. The molecule has 7 nitrogen and oxygen atoms in total. The van der Waals surface area contributed by atoms with E-state index in [2.05, 4.69) is 19.9 Å². The maximum atomic E-state index is 11.9. The van der Waals surface area contributed by atoms with Crippen LogP contribution in [0.1, 0.15) is 12.8 Å². The smallest absolute Gasteiger partial charge is 0.236 e. The first-order chi connectivity index (χ1) is 11.3. The topological polar surface area (TPSA) is 88.9 Å². The molecule has 2 aromatic rings. The molecule has 1 N–H and O–H groups in total. The molecule has 2 aliphatic rings. The molecule has 0 radical (unpaired) electrons. The molecule has 23 heavy (non-hydrogen) atoms. The number of H-pyrrole nitrogens is 1. The molecule has 4 heterocycles. The summed E-state index contributed by atoms with van der Waals surface area (Å²) in [5.41, 5.74) is 0.856. The maximum Gasteiger partial charge on any atom is 0.236 e. The van der Waals surface area contributed by atoms with E-state index in [1.54, 1.807) is 6.33 Å². The van der Waals surface area contributed by atoms with E-state index in [4.69, 9.17) is 5.26 Å². The highest BCUT2D eigenvalue weighted by Gasteiger charge is 2.39. The summed E-state index contributed by atoms with van der Waals surface area (Å²) in [4.78, 5) is 27.9. The lowest BCUT2D eigenvalue weighted by molar-refractivity contribution is -0.129. The quantitative estimate of drug-likeness (QED) is 0.899. The predicted octanol–water partition coefficient (Wildman–Crippen LogP) is 1.16. The number of carbonyl (C=O) groups excluding carboxylic acids is 1. The third-order valence-corrected chi connectivity index (χ3v) is 5.02. The van der Waals surface area contributed by atoms with Gasteiger partial charge in [-0.05, 0) is 24.3 Å². The standard InChI is InChI=1S/C16H18N6O/c17-4-1-14(23)22-7-11-3-6-21(8-12(11)9-22)16-13-2-5-18-15(13)19-10-20-16/h2,5,10-12H,1,3,6-9H2,(H,18,19,20). The molecule has 2 unspecified atom stereocenters. The Hall–Kier alpha value is -2.62. The van der Waals surface area contributed by atoms with Crippen LogP contribution in [0.2, 0.25) is 0 Å².